The van der Waals surface area contributed by atoms with E-state index in [9.17, 15) is 14.5 Å². The van der Waals surface area contributed by atoms with Gasteiger partial charge in [-0.25, -0.2) is 0 Å². The first-order chi connectivity index (χ1) is 19.0. The lowest BCUT2D eigenvalue weighted by molar-refractivity contribution is -0.0378. The van der Waals surface area contributed by atoms with Crippen LogP contribution in [-0.4, -0.2) is 45.0 Å². The summed E-state index contributed by atoms with van der Waals surface area (Å²) in [5.74, 6) is -0.131. The largest absolute Gasteiger partial charge is 0.416 e. The van der Waals surface area contributed by atoms with Crippen LogP contribution in [0, 0.1) is 0 Å². The molecule has 4 rings (SSSR count). The topological polar surface area (TPSA) is 60.9 Å². The van der Waals surface area contributed by atoms with Crippen molar-refractivity contribution in [2.24, 2.45) is 0 Å². The maximum Gasteiger partial charge on any atom is 0.416 e. The predicted octanol–water partition coefficient (Wildman–Crippen LogP) is 7.14. The van der Waals surface area contributed by atoms with Crippen molar-refractivity contribution >= 4 is 45.9 Å². The molecule has 0 heterocycles. The van der Waals surface area contributed by atoms with Crippen molar-refractivity contribution in [1.29, 1.82) is 0 Å². The Morgan fingerprint density at radius 1 is 0.650 bits per heavy atom. The van der Waals surface area contributed by atoms with Crippen molar-refractivity contribution in [2.45, 2.75) is 85.8 Å². The molecule has 1 N–H and O–H groups in total. The normalized spacial score (nSPS) is 13.3. The summed E-state index contributed by atoms with van der Waals surface area (Å²) in [4.78, 5) is 18.1. The van der Waals surface area contributed by atoms with Crippen LogP contribution in [0.25, 0.3) is 21.5 Å². The highest BCUT2D eigenvalue weighted by Gasteiger charge is 2.39. The van der Waals surface area contributed by atoms with E-state index in [0.29, 0.717) is 21.7 Å². The molecule has 0 spiro atoms. The first-order valence-electron chi connectivity index (χ1n) is 14.2. The molecule has 1 unspecified atom stereocenters. The molecule has 0 saturated carbocycles. The summed E-state index contributed by atoms with van der Waals surface area (Å²) >= 11 is 0. The van der Waals surface area contributed by atoms with E-state index < -0.39 is 14.0 Å². The molecule has 1 amide bonds. The minimum absolute atomic E-state index is 0.0270. The smallest absolute Gasteiger partial charge is 0.374 e. The number of aliphatic hydroxyl groups excluding tert-OH is 1. The Morgan fingerprint density at radius 2 is 1.12 bits per heavy atom. The van der Waals surface area contributed by atoms with E-state index in [1.165, 1.54) is 0 Å². The van der Waals surface area contributed by atoms with Gasteiger partial charge in [-0.1, -0.05) is 53.1 Å². The molecule has 0 saturated heterocycles. The molecule has 40 heavy (non-hydrogen) atoms. The van der Waals surface area contributed by atoms with Gasteiger partial charge in [0.1, 0.15) is 11.8 Å². The van der Waals surface area contributed by atoms with E-state index in [1.807, 2.05) is 110 Å². The van der Waals surface area contributed by atoms with Crippen molar-refractivity contribution in [1.82, 2.24) is 9.80 Å². The van der Waals surface area contributed by atoms with Gasteiger partial charge in [-0.05, 0) is 101 Å². The fraction of sp³-hybridized carbons (Fsp3) is 0.382. The van der Waals surface area contributed by atoms with Crippen molar-refractivity contribution < 1.29 is 14.5 Å². The highest BCUT2D eigenvalue weighted by molar-refractivity contribution is 7.61. The molecule has 4 aromatic rings. The van der Waals surface area contributed by atoms with Crippen molar-refractivity contribution in [3.8, 4) is 0 Å². The summed E-state index contributed by atoms with van der Waals surface area (Å²) in [6.07, 6.45) is -0.970. The van der Waals surface area contributed by atoms with Gasteiger partial charge in [0.15, 0.2) is 0 Å². The van der Waals surface area contributed by atoms with Crippen LogP contribution in [0.2, 0.25) is 0 Å². The molecule has 0 bridgehead atoms. The number of carbonyl (C=O) groups excluding carboxylic acids is 1. The molecule has 2 atom stereocenters. The molecule has 0 fully saturated rings. The van der Waals surface area contributed by atoms with Crippen LogP contribution in [0.15, 0.2) is 72.8 Å². The lowest BCUT2D eigenvalue weighted by Gasteiger charge is -2.35. The van der Waals surface area contributed by atoms with E-state index >= 15 is 0 Å². The van der Waals surface area contributed by atoms with Gasteiger partial charge in [0, 0.05) is 24.2 Å². The summed E-state index contributed by atoms with van der Waals surface area (Å²) in [6.45, 7) is 16.3. The van der Waals surface area contributed by atoms with Crippen LogP contribution < -0.4 is 10.6 Å². The highest BCUT2D eigenvalue weighted by Crippen LogP contribution is 2.36. The predicted molar refractivity (Wildman–Crippen MR) is 168 cm³/mol. The summed E-state index contributed by atoms with van der Waals surface area (Å²) < 4.78 is 14.8. The van der Waals surface area contributed by atoms with Crippen molar-refractivity contribution in [3.05, 3.63) is 83.9 Å². The van der Waals surface area contributed by atoms with Crippen LogP contribution in [0.3, 0.4) is 0 Å². The van der Waals surface area contributed by atoms with Gasteiger partial charge in [0.25, 0.3) is 5.91 Å². The van der Waals surface area contributed by atoms with E-state index in [1.54, 1.807) is 0 Å². The van der Waals surface area contributed by atoms with Gasteiger partial charge >= 0.3 is 7.80 Å². The standard InChI is InChI=1S/C34H42N2O3P/c1-21(2)35(22(3)4)33(37)31-27-15-11-9-13-25(27)17-19-29(31)40(39)30-20-18-26-14-10-12-16-28(26)32(30)34(38)36(23(5)6)24(7)8/h9-24,33,37H,1-8H3/q+1/t33-/m1/s1. The number of fused-ring (bicyclic) bond motifs is 2. The van der Waals surface area contributed by atoms with Crippen LogP contribution in [0.5, 0.6) is 0 Å². The molecule has 6 heteroatoms. The zero-order chi connectivity index (χ0) is 29.3. The van der Waals surface area contributed by atoms with E-state index in [2.05, 4.69) is 27.7 Å². The molecule has 0 aliphatic heterocycles. The van der Waals surface area contributed by atoms with Crippen LogP contribution in [0.1, 0.15) is 77.5 Å². The fourth-order valence-electron chi connectivity index (χ4n) is 6.02. The Morgan fingerprint density at radius 3 is 1.65 bits per heavy atom. The third kappa shape index (κ3) is 5.56. The summed E-state index contributed by atoms with van der Waals surface area (Å²) in [7, 11) is -2.23. The highest BCUT2D eigenvalue weighted by atomic mass is 31.1. The maximum atomic E-state index is 14.8. The second-order valence-corrected chi connectivity index (χ2v) is 13.2. The van der Waals surface area contributed by atoms with Crippen LogP contribution in [0.4, 0.5) is 0 Å². The number of rotatable bonds is 9. The molecule has 0 aromatic heterocycles. The number of hydrogen-bond acceptors (Lipinski definition) is 4. The Hall–Kier alpha value is -3.11. The van der Waals surface area contributed by atoms with Crippen LogP contribution >= 0.6 is 7.80 Å². The maximum absolute atomic E-state index is 14.8. The van der Waals surface area contributed by atoms with Crippen LogP contribution in [-0.2, 0) is 4.57 Å². The van der Waals surface area contributed by atoms with E-state index in [-0.39, 0.29) is 30.1 Å². The second-order valence-electron chi connectivity index (χ2n) is 11.6. The van der Waals surface area contributed by atoms with Crippen molar-refractivity contribution in [3.63, 3.8) is 0 Å². The molecule has 210 valence electrons. The number of aliphatic hydroxyl groups is 1. The molecule has 0 aliphatic carbocycles. The van der Waals surface area contributed by atoms with E-state index in [4.69, 9.17) is 0 Å². The summed E-state index contributed by atoms with van der Waals surface area (Å²) in [5.41, 5.74) is 1.11. The molecule has 4 aromatic carbocycles. The molecule has 0 aliphatic rings. The number of benzene rings is 4. The average molecular weight is 558 g/mol. The minimum atomic E-state index is -2.23. The number of hydrogen-bond donors (Lipinski definition) is 1. The SMILES string of the molecule is CC(C)N(C(=O)c1c([P+](=O)c2ccc3ccccc3c2[C@@H](O)N(C(C)C)C(C)C)ccc2ccccc12)C(C)C. The van der Waals surface area contributed by atoms with Gasteiger partial charge in [0.05, 0.1) is 5.56 Å². The van der Waals surface area contributed by atoms with E-state index in [0.717, 1.165) is 21.5 Å². The fourth-order valence-corrected chi connectivity index (χ4v) is 7.57. The van der Waals surface area contributed by atoms with Gasteiger partial charge < -0.3 is 10.0 Å². The molecule has 0 radical (unpaired) electrons. The zero-order valence-corrected chi connectivity index (χ0v) is 25.8. The number of amides is 1. The van der Waals surface area contributed by atoms with Gasteiger partial charge in [-0.2, -0.15) is 0 Å². The average Bonchev–Trinajstić information content (AvgIpc) is 2.90. The first-order valence-corrected chi connectivity index (χ1v) is 15.5. The molecular weight excluding hydrogens is 515 g/mol. The Kier molecular flexibility index (Phi) is 9.09. The van der Waals surface area contributed by atoms with Gasteiger partial charge in [0.2, 0.25) is 10.6 Å². The summed E-state index contributed by atoms with van der Waals surface area (Å²) in [6, 6.07) is 23.3. The number of nitrogens with zero attached hydrogens (tertiary/aromatic N) is 2. The molecule has 5 nitrogen and oxygen atoms in total. The quantitative estimate of drug-likeness (QED) is 0.176. The molecular formula is C34H42N2O3P+. The minimum Gasteiger partial charge on any atom is -0.374 e. The Balaban J connectivity index is 2.01. The zero-order valence-electron chi connectivity index (χ0n) is 24.9. The van der Waals surface area contributed by atoms with Crippen molar-refractivity contribution in [2.75, 3.05) is 0 Å². The third-order valence-electron chi connectivity index (χ3n) is 7.59. The lowest BCUT2D eigenvalue weighted by atomic mass is 10.0. The monoisotopic (exact) mass is 557 g/mol. The Bertz CT molecular complexity index is 1530. The summed E-state index contributed by atoms with van der Waals surface area (Å²) in [5, 5.41) is 16.5. The van der Waals surface area contributed by atoms with Gasteiger partial charge in [-0.15, -0.1) is 0 Å². The second kappa shape index (κ2) is 12.2. The number of carbonyl (C=O) groups is 1. The van der Waals surface area contributed by atoms with Gasteiger partial charge in [-0.3, -0.25) is 9.69 Å². The Labute approximate surface area is 239 Å². The lowest BCUT2D eigenvalue weighted by Crippen LogP contribution is -2.43. The first kappa shape index (κ1) is 29.9. The third-order valence-corrected chi connectivity index (χ3v) is 9.22.